The summed E-state index contributed by atoms with van der Waals surface area (Å²) in [6.45, 7) is 2.17. The van der Waals surface area contributed by atoms with Crippen molar-refractivity contribution in [3.05, 3.63) is 30.3 Å². The monoisotopic (exact) mass is 254 g/mol. The third-order valence-electron chi connectivity index (χ3n) is 2.74. The maximum absolute atomic E-state index is 11.9. The van der Waals surface area contributed by atoms with Crippen molar-refractivity contribution in [1.29, 1.82) is 0 Å². The Balaban J connectivity index is 2.26. The molecule has 0 saturated heterocycles. The largest absolute Gasteiger partial charge is 0.392 e. The summed E-state index contributed by atoms with van der Waals surface area (Å²) in [5, 5.41) is 9.79. The SMILES string of the molecule is CCCCCC[C@H](O)CS(=O)c1ccccc1. The van der Waals surface area contributed by atoms with Gasteiger partial charge in [-0.15, -0.1) is 0 Å². The minimum atomic E-state index is -1.07. The lowest BCUT2D eigenvalue weighted by molar-refractivity contribution is 0.184. The molecule has 3 heteroatoms. The first kappa shape index (κ1) is 14.4. The number of hydrogen-bond donors (Lipinski definition) is 1. The molecule has 17 heavy (non-hydrogen) atoms. The second-order valence-corrected chi connectivity index (χ2v) is 5.82. The molecular weight excluding hydrogens is 232 g/mol. The molecule has 96 valence electrons. The molecule has 0 fully saturated rings. The molecule has 0 amide bonds. The van der Waals surface area contributed by atoms with Crippen LogP contribution in [0.2, 0.25) is 0 Å². The lowest BCUT2D eigenvalue weighted by Crippen LogP contribution is -2.16. The van der Waals surface area contributed by atoms with Crippen LogP contribution >= 0.6 is 0 Å². The number of hydrogen-bond acceptors (Lipinski definition) is 2. The van der Waals surface area contributed by atoms with E-state index in [9.17, 15) is 9.32 Å². The molecule has 0 heterocycles. The van der Waals surface area contributed by atoms with Crippen LogP contribution in [0.5, 0.6) is 0 Å². The van der Waals surface area contributed by atoms with Gasteiger partial charge in [0.15, 0.2) is 0 Å². The van der Waals surface area contributed by atoms with Gasteiger partial charge in [-0.3, -0.25) is 4.21 Å². The maximum Gasteiger partial charge on any atom is 0.0659 e. The topological polar surface area (TPSA) is 37.3 Å². The van der Waals surface area contributed by atoms with E-state index in [1.165, 1.54) is 12.8 Å². The summed E-state index contributed by atoms with van der Waals surface area (Å²) in [6.07, 6.45) is 4.93. The van der Waals surface area contributed by atoms with Crippen molar-refractivity contribution >= 4 is 10.8 Å². The Bertz CT molecular complexity index is 324. The third kappa shape index (κ3) is 5.99. The first-order chi connectivity index (χ1) is 8.24. The van der Waals surface area contributed by atoms with Crippen molar-refractivity contribution in [3.63, 3.8) is 0 Å². The summed E-state index contributed by atoms with van der Waals surface area (Å²) in [7, 11) is -1.07. The minimum Gasteiger partial charge on any atom is -0.392 e. The zero-order valence-corrected chi connectivity index (χ0v) is 11.3. The highest BCUT2D eigenvalue weighted by atomic mass is 32.2. The minimum absolute atomic E-state index is 0.357. The lowest BCUT2D eigenvalue weighted by atomic mass is 10.1. The fourth-order valence-corrected chi connectivity index (χ4v) is 2.90. The average molecular weight is 254 g/mol. The Morgan fingerprint density at radius 2 is 1.88 bits per heavy atom. The molecule has 2 atom stereocenters. The number of unbranched alkanes of at least 4 members (excludes halogenated alkanes) is 3. The average Bonchev–Trinajstić information content (AvgIpc) is 2.36. The Morgan fingerprint density at radius 1 is 1.18 bits per heavy atom. The van der Waals surface area contributed by atoms with E-state index in [4.69, 9.17) is 0 Å². The molecule has 0 saturated carbocycles. The van der Waals surface area contributed by atoms with E-state index >= 15 is 0 Å². The Kier molecular flexibility index (Phi) is 7.13. The smallest absolute Gasteiger partial charge is 0.0659 e. The van der Waals surface area contributed by atoms with Crippen LogP contribution in [0.4, 0.5) is 0 Å². The molecule has 1 aromatic carbocycles. The number of aliphatic hydroxyl groups is 1. The molecule has 1 N–H and O–H groups in total. The molecule has 2 nitrogen and oxygen atoms in total. The molecule has 0 aliphatic rings. The fourth-order valence-electron chi connectivity index (χ4n) is 1.73. The number of benzene rings is 1. The highest BCUT2D eigenvalue weighted by Crippen LogP contribution is 2.10. The van der Waals surface area contributed by atoms with Gasteiger partial charge in [0.25, 0.3) is 0 Å². The standard InChI is InChI=1S/C14H22O2S/c1-2-3-4-6-9-13(15)12-17(16)14-10-7-5-8-11-14/h5,7-8,10-11,13,15H,2-4,6,9,12H2,1H3/t13-,17?/m0/s1. The molecule has 0 aromatic heterocycles. The van der Waals surface area contributed by atoms with E-state index in [1.54, 1.807) is 0 Å². The van der Waals surface area contributed by atoms with E-state index in [0.29, 0.717) is 5.75 Å². The van der Waals surface area contributed by atoms with Crippen LogP contribution in [0.15, 0.2) is 35.2 Å². The van der Waals surface area contributed by atoms with Gasteiger partial charge < -0.3 is 5.11 Å². The molecule has 0 bridgehead atoms. The van der Waals surface area contributed by atoms with Crippen LogP contribution in [0.1, 0.15) is 39.0 Å². The van der Waals surface area contributed by atoms with Crippen LogP contribution < -0.4 is 0 Å². The molecule has 1 rings (SSSR count). The van der Waals surface area contributed by atoms with Gasteiger partial charge in [-0.2, -0.15) is 0 Å². The summed E-state index contributed by atoms with van der Waals surface area (Å²) < 4.78 is 11.9. The van der Waals surface area contributed by atoms with Gasteiger partial charge in [0.1, 0.15) is 0 Å². The van der Waals surface area contributed by atoms with Crippen LogP contribution in [0.3, 0.4) is 0 Å². The van der Waals surface area contributed by atoms with Crippen molar-refractivity contribution < 1.29 is 9.32 Å². The molecule has 0 spiro atoms. The van der Waals surface area contributed by atoms with Crippen LogP contribution in [0, 0.1) is 0 Å². The number of rotatable bonds is 8. The van der Waals surface area contributed by atoms with Crippen molar-refractivity contribution in [2.75, 3.05) is 5.75 Å². The van der Waals surface area contributed by atoms with Crippen LogP contribution in [0.25, 0.3) is 0 Å². The van der Waals surface area contributed by atoms with Gasteiger partial charge in [-0.25, -0.2) is 0 Å². The summed E-state index contributed by atoms with van der Waals surface area (Å²) in [6, 6.07) is 9.35. The van der Waals surface area contributed by atoms with Crippen LogP contribution in [-0.2, 0) is 10.8 Å². The summed E-state index contributed by atoms with van der Waals surface area (Å²) in [4.78, 5) is 0.806. The van der Waals surface area contributed by atoms with Gasteiger partial charge in [0.05, 0.1) is 22.7 Å². The first-order valence-corrected chi connectivity index (χ1v) is 7.67. The van der Waals surface area contributed by atoms with Crippen molar-refractivity contribution in [3.8, 4) is 0 Å². The Labute approximate surface area is 107 Å². The normalized spacial score (nSPS) is 14.5. The Morgan fingerprint density at radius 3 is 2.53 bits per heavy atom. The van der Waals surface area contributed by atoms with E-state index in [-0.39, 0.29) is 0 Å². The van der Waals surface area contributed by atoms with E-state index in [0.717, 1.165) is 24.2 Å². The second-order valence-electron chi connectivity index (χ2n) is 4.33. The molecule has 1 aromatic rings. The van der Waals surface area contributed by atoms with Crippen LogP contribution in [-0.4, -0.2) is 21.2 Å². The zero-order chi connectivity index (χ0) is 12.5. The molecular formula is C14H22O2S. The molecule has 0 aliphatic carbocycles. The highest BCUT2D eigenvalue weighted by Gasteiger charge is 2.10. The quantitative estimate of drug-likeness (QED) is 0.724. The predicted octanol–water partition coefficient (Wildman–Crippen LogP) is 3.13. The first-order valence-electron chi connectivity index (χ1n) is 6.35. The second kappa shape index (κ2) is 8.43. The number of aliphatic hydroxyl groups excluding tert-OH is 1. The van der Waals surface area contributed by atoms with Crippen molar-refractivity contribution in [2.24, 2.45) is 0 Å². The zero-order valence-electron chi connectivity index (χ0n) is 10.5. The van der Waals surface area contributed by atoms with Gasteiger partial charge in [0, 0.05) is 4.90 Å². The van der Waals surface area contributed by atoms with Gasteiger partial charge in [-0.05, 0) is 18.6 Å². The lowest BCUT2D eigenvalue weighted by Gasteiger charge is -2.10. The van der Waals surface area contributed by atoms with E-state index < -0.39 is 16.9 Å². The fraction of sp³-hybridized carbons (Fsp3) is 0.571. The van der Waals surface area contributed by atoms with E-state index in [2.05, 4.69) is 6.92 Å². The summed E-state index contributed by atoms with van der Waals surface area (Å²) in [5.74, 6) is 0.357. The highest BCUT2D eigenvalue weighted by molar-refractivity contribution is 7.85. The van der Waals surface area contributed by atoms with E-state index in [1.807, 2.05) is 30.3 Å². The molecule has 1 unspecified atom stereocenters. The van der Waals surface area contributed by atoms with Gasteiger partial charge in [-0.1, -0.05) is 50.8 Å². The predicted molar refractivity (Wildman–Crippen MR) is 72.5 cm³/mol. The van der Waals surface area contributed by atoms with Gasteiger partial charge in [0.2, 0.25) is 0 Å². The Hall–Kier alpha value is -0.670. The molecule has 0 radical (unpaired) electrons. The van der Waals surface area contributed by atoms with Crippen molar-refractivity contribution in [1.82, 2.24) is 0 Å². The van der Waals surface area contributed by atoms with Crippen molar-refractivity contribution in [2.45, 2.75) is 50.0 Å². The summed E-state index contributed by atoms with van der Waals surface area (Å²) in [5.41, 5.74) is 0. The maximum atomic E-state index is 11.9. The molecule has 0 aliphatic heterocycles. The summed E-state index contributed by atoms with van der Waals surface area (Å²) >= 11 is 0. The third-order valence-corrected chi connectivity index (χ3v) is 4.23. The van der Waals surface area contributed by atoms with Gasteiger partial charge >= 0.3 is 0 Å².